The Morgan fingerprint density at radius 1 is 1.30 bits per heavy atom. The number of aliphatic hydroxyl groups is 1. The summed E-state index contributed by atoms with van der Waals surface area (Å²) >= 11 is 9.09. The lowest BCUT2D eigenvalue weighted by Gasteiger charge is -2.14. The van der Waals surface area contributed by atoms with Gasteiger partial charge in [-0.25, -0.2) is 4.39 Å². The highest BCUT2D eigenvalue weighted by Crippen LogP contribution is 2.29. The van der Waals surface area contributed by atoms with E-state index in [1.807, 2.05) is 0 Å². The van der Waals surface area contributed by atoms with Gasteiger partial charge in [0.1, 0.15) is 18.2 Å². The zero-order valence-corrected chi connectivity index (χ0v) is 13.1. The maximum Gasteiger partial charge on any atom is 0.130 e. The van der Waals surface area contributed by atoms with Gasteiger partial charge in [0.25, 0.3) is 0 Å². The van der Waals surface area contributed by atoms with Crippen LogP contribution in [0, 0.1) is 5.82 Å². The molecule has 1 atom stereocenters. The summed E-state index contributed by atoms with van der Waals surface area (Å²) < 4.78 is 20.0. The van der Waals surface area contributed by atoms with Gasteiger partial charge in [-0.05, 0) is 37.3 Å². The largest absolute Gasteiger partial charge is 0.488 e. The highest BCUT2D eigenvalue weighted by atomic mass is 79.9. The average Bonchev–Trinajstić information content (AvgIpc) is 2.38. The third-order valence-corrected chi connectivity index (χ3v) is 3.55. The van der Waals surface area contributed by atoms with E-state index in [1.165, 1.54) is 6.07 Å². The number of hydrogen-bond acceptors (Lipinski definition) is 2. The van der Waals surface area contributed by atoms with E-state index in [0.29, 0.717) is 26.4 Å². The lowest BCUT2D eigenvalue weighted by atomic mass is 10.1. The van der Waals surface area contributed by atoms with Crippen molar-refractivity contribution in [3.8, 4) is 5.75 Å². The van der Waals surface area contributed by atoms with Crippen LogP contribution in [0.15, 0.2) is 40.9 Å². The molecule has 106 valence electrons. The Balaban J connectivity index is 2.18. The summed E-state index contributed by atoms with van der Waals surface area (Å²) in [6, 6.07) is 9.76. The second-order valence-electron chi connectivity index (χ2n) is 4.38. The van der Waals surface area contributed by atoms with Crippen molar-refractivity contribution in [2.24, 2.45) is 0 Å². The first-order valence-electron chi connectivity index (χ1n) is 6.01. The molecule has 5 heteroatoms. The smallest absolute Gasteiger partial charge is 0.130 e. The van der Waals surface area contributed by atoms with Crippen LogP contribution in [0.4, 0.5) is 4.39 Å². The molecule has 0 saturated heterocycles. The number of ether oxygens (including phenoxy) is 1. The molecular formula is C15H13BrClFO2. The molecule has 0 aliphatic heterocycles. The zero-order valence-electron chi connectivity index (χ0n) is 10.7. The third kappa shape index (κ3) is 3.72. The van der Waals surface area contributed by atoms with Crippen molar-refractivity contribution in [2.45, 2.75) is 19.6 Å². The van der Waals surface area contributed by atoms with Crippen LogP contribution in [0.25, 0.3) is 0 Å². The first-order chi connectivity index (χ1) is 9.47. The van der Waals surface area contributed by atoms with Gasteiger partial charge in [0.15, 0.2) is 0 Å². The number of halogens is 3. The van der Waals surface area contributed by atoms with Gasteiger partial charge in [0.05, 0.1) is 6.10 Å². The number of benzene rings is 2. The molecule has 2 nitrogen and oxygen atoms in total. The Bertz CT molecular complexity index is 617. The van der Waals surface area contributed by atoms with Gasteiger partial charge in [-0.15, -0.1) is 0 Å². The second-order valence-corrected chi connectivity index (χ2v) is 5.73. The van der Waals surface area contributed by atoms with E-state index in [2.05, 4.69) is 15.9 Å². The molecule has 0 radical (unpaired) electrons. The summed E-state index contributed by atoms with van der Waals surface area (Å²) in [7, 11) is 0. The van der Waals surface area contributed by atoms with Gasteiger partial charge < -0.3 is 9.84 Å². The van der Waals surface area contributed by atoms with Crippen LogP contribution in [-0.2, 0) is 6.61 Å². The van der Waals surface area contributed by atoms with Crippen molar-refractivity contribution < 1.29 is 14.2 Å². The van der Waals surface area contributed by atoms with Gasteiger partial charge >= 0.3 is 0 Å². The van der Waals surface area contributed by atoms with Crippen LogP contribution in [0.2, 0.25) is 5.02 Å². The standard InChI is InChI=1S/C15H13BrClFO2/c1-9(19)13-7-12(17)4-5-15(13)20-8-10-2-3-11(16)6-14(10)18/h2-7,9,19H,8H2,1H3/t9-/m1/s1. The van der Waals surface area contributed by atoms with E-state index in [-0.39, 0.29) is 12.4 Å². The normalized spacial score (nSPS) is 12.2. The Labute approximate surface area is 130 Å². The van der Waals surface area contributed by atoms with Crippen LogP contribution in [0.3, 0.4) is 0 Å². The summed E-state index contributed by atoms with van der Waals surface area (Å²) in [6.45, 7) is 1.71. The fourth-order valence-electron chi connectivity index (χ4n) is 1.77. The minimum atomic E-state index is -0.710. The topological polar surface area (TPSA) is 29.5 Å². The van der Waals surface area contributed by atoms with Gasteiger partial charge in [-0.2, -0.15) is 0 Å². The summed E-state index contributed by atoms with van der Waals surface area (Å²) in [4.78, 5) is 0. The molecule has 0 bridgehead atoms. The molecular weight excluding hydrogens is 347 g/mol. The van der Waals surface area contributed by atoms with Crippen LogP contribution < -0.4 is 4.74 Å². The number of aliphatic hydroxyl groups excluding tert-OH is 1. The molecule has 0 fully saturated rings. The molecule has 0 aliphatic carbocycles. The van der Waals surface area contributed by atoms with Crippen molar-refractivity contribution in [1.82, 2.24) is 0 Å². The van der Waals surface area contributed by atoms with Crippen LogP contribution >= 0.6 is 27.5 Å². The van der Waals surface area contributed by atoms with Gasteiger partial charge in [0.2, 0.25) is 0 Å². The fourth-order valence-corrected chi connectivity index (χ4v) is 2.29. The maximum absolute atomic E-state index is 13.7. The monoisotopic (exact) mass is 358 g/mol. The van der Waals surface area contributed by atoms with E-state index in [1.54, 1.807) is 37.3 Å². The number of hydrogen-bond donors (Lipinski definition) is 1. The minimum absolute atomic E-state index is 0.0838. The Kier molecular flexibility index (Phi) is 5.02. The van der Waals surface area contributed by atoms with Gasteiger partial charge in [-0.1, -0.05) is 33.6 Å². The summed E-state index contributed by atoms with van der Waals surface area (Å²) in [6.07, 6.45) is -0.710. The van der Waals surface area contributed by atoms with E-state index in [0.717, 1.165) is 0 Å². The molecule has 20 heavy (non-hydrogen) atoms. The molecule has 1 N–H and O–H groups in total. The molecule has 0 amide bonds. The van der Waals surface area contributed by atoms with Crippen molar-refractivity contribution in [3.05, 3.63) is 62.8 Å². The van der Waals surface area contributed by atoms with Crippen molar-refractivity contribution >= 4 is 27.5 Å². The molecule has 0 aliphatic rings. The Morgan fingerprint density at radius 2 is 2.05 bits per heavy atom. The Hall–Kier alpha value is -1.10. The highest BCUT2D eigenvalue weighted by Gasteiger charge is 2.11. The highest BCUT2D eigenvalue weighted by molar-refractivity contribution is 9.10. The lowest BCUT2D eigenvalue weighted by Crippen LogP contribution is -2.02. The van der Waals surface area contributed by atoms with Crippen LogP contribution in [0.5, 0.6) is 5.75 Å². The fraction of sp³-hybridized carbons (Fsp3) is 0.200. The summed E-state index contributed by atoms with van der Waals surface area (Å²) in [5.41, 5.74) is 1.02. The minimum Gasteiger partial charge on any atom is -0.488 e. The molecule has 0 saturated carbocycles. The lowest BCUT2D eigenvalue weighted by molar-refractivity contribution is 0.190. The molecule has 0 unspecified atom stereocenters. The first kappa shape index (κ1) is 15.3. The molecule has 0 heterocycles. The summed E-state index contributed by atoms with van der Waals surface area (Å²) in [5, 5.41) is 10.2. The second kappa shape index (κ2) is 6.57. The van der Waals surface area contributed by atoms with E-state index < -0.39 is 6.10 Å². The summed E-state index contributed by atoms with van der Waals surface area (Å²) in [5.74, 6) is 0.152. The van der Waals surface area contributed by atoms with E-state index in [4.69, 9.17) is 16.3 Å². The third-order valence-electron chi connectivity index (χ3n) is 2.82. The van der Waals surface area contributed by atoms with Crippen molar-refractivity contribution in [1.29, 1.82) is 0 Å². The van der Waals surface area contributed by atoms with Gasteiger partial charge in [-0.3, -0.25) is 0 Å². The first-order valence-corrected chi connectivity index (χ1v) is 7.18. The van der Waals surface area contributed by atoms with Crippen LogP contribution in [-0.4, -0.2) is 5.11 Å². The van der Waals surface area contributed by atoms with Crippen molar-refractivity contribution in [3.63, 3.8) is 0 Å². The zero-order chi connectivity index (χ0) is 14.7. The number of rotatable bonds is 4. The molecule has 2 aromatic carbocycles. The average molecular weight is 360 g/mol. The SMILES string of the molecule is C[C@@H](O)c1cc(Cl)ccc1OCc1ccc(Br)cc1F. The molecule has 2 rings (SSSR count). The van der Waals surface area contributed by atoms with E-state index in [9.17, 15) is 9.50 Å². The molecule has 0 aromatic heterocycles. The molecule has 2 aromatic rings. The molecule has 0 spiro atoms. The van der Waals surface area contributed by atoms with Gasteiger partial charge in [0, 0.05) is 20.6 Å². The maximum atomic E-state index is 13.7. The Morgan fingerprint density at radius 3 is 2.70 bits per heavy atom. The van der Waals surface area contributed by atoms with E-state index >= 15 is 0 Å². The quantitative estimate of drug-likeness (QED) is 0.843. The predicted octanol–water partition coefficient (Wildman–Crippen LogP) is 4.87. The predicted molar refractivity (Wildman–Crippen MR) is 80.5 cm³/mol. The van der Waals surface area contributed by atoms with Crippen molar-refractivity contribution in [2.75, 3.05) is 0 Å². The van der Waals surface area contributed by atoms with Crippen LogP contribution in [0.1, 0.15) is 24.2 Å².